The number of ether oxygens (including phenoxy) is 1. The zero-order valence-electron chi connectivity index (χ0n) is 15.6. The highest BCUT2D eigenvalue weighted by Gasteiger charge is 2.25. The van der Waals surface area contributed by atoms with Crippen LogP contribution in [-0.4, -0.2) is 54.1 Å². The van der Waals surface area contributed by atoms with Gasteiger partial charge in [-0.05, 0) is 32.0 Å². The second-order valence-corrected chi connectivity index (χ2v) is 6.18. The Hall–Kier alpha value is -3.18. The van der Waals surface area contributed by atoms with Crippen molar-refractivity contribution in [3.63, 3.8) is 0 Å². The van der Waals surface area contributed by atoms with Gasteiger partial charge in [0, 0.05) is 24.5 Å². The van der Waals surface area contributed by atoms with Gasteiger partial charge in [-0.1, -0.05) is 6.07 Å². The molecule has 2 aromatic rings. The summed E-state index contributed by atoms with van der Waals surface area (Å²) in [5, 5.41) is 10.8. The summed E-state index contributed by atoms with van der Waals surface area (Å²) in [4.78, 5) is 29.2. The van der Waals surface area contributed by atoms with Crippen molar-refractivity contribution in [3.8, 4) is 11.8 Å². The summed E-state index contributed by atoms with van der Waals surface area (Å²) in [5.74, 6) is 0.589. The molecule has 1 aliphatic rings. The van der Waals surface area contributed by atoms with E-state index in [2.05, 4.69) is 16.0 Å². The van der Waals surface area contributed by atoms with Crippen molar-refractivity contribution in [2.24, 2.45) is 0 Å². The first kappa shape index (κ1) is 18.6. The van der Waals surface area contributed by atoms with E-state index in [1.54, 1.807) is 28.2 Å². The number of carbonyl (C=O) groups excluding carboxylic acids is 1. The average Bonchev–Trinajstić information content (AvgIpc) is 2.92. The van der Waals surface area contributed by atoms with Gasteiger partial charge >= 0.3 is 0 Å². The van der Waals surface area contributed by atoms with E-state index in [0.717, 1.165) is 11.4 Å². The van der Waals surface area contributed by atoms with Crippen LogP contribution in [0.2, 0.25) is 0 Å². The van der Waals surface area contributed by atoms with Crippen LogP contribution in [0.3, 0.4) is 0 Å². The van der Waals surface area contributed by atoms with Crippen molar-refractivity contribution in [2.45, 2.75) is 13.8 Å². The van der Waals surface area contributed by atoms with Gasteiger partial charge in [-0.3, -0.25) is 9.63 Å². The average molecular weight is 367 g/mol. The highest BCUT2D eigenvalue weighted by Crippen LogP contribution is 2.25. The lowest BCUT2D eigenvalue weighted by Gasteiger charge is -2.22. The molecule has 1 aliphatic heterocycles. The van der Waals surface area contributed by atoms with Crippen LogP contribution in [0.1, 0.15) is 27.3 Å². The number of hydrogen-bond donors (Lipinski definition) is 0. The van der Waals surface area contributed by atoms with Crippen LogP contribution in [0.4, 0.5) is 5.95 Å². The first-order valence-corrected chi connectivity index (χ1v) is 8.62. The summed E-state index contributed by atoms with van der Waals surface area (Å²) in [5.41, 5.74) is 2.42. The van der Waals surface area contributed by atoms with Crippen LogP contribution in [0.15, 0.2) is 24.3 Å². The minimum atomic E-state index is -0.198. The molecule has 0 spiro atoms. The molecule has 1 aromatic carbocycles. The Morgan fingerprint density at radius 2 is 1.96 bits per heavy atom. The van der Waals surface area contributed by atoms with Crippen molar-refractivity contribution in [1.29, 1.82) is 5.26 Å². The van der Waals surface area contributed by atoms with Crippen molar-refractivity contribution in [2.75, 3.05) is 38.4 Å². The van der Waals surface area contributed by atoms with Gasteiger partial charge in [0.25, 0.3) is 5.91 Å². The molecule has 2 heterocycles. The topological polar surface area (TPSA) is 91.6 Å². The molecule has 1 saturated heterocycles. The summed E-state index contributed by atoms with van der Waals surface area (Å²) in [6.07, 6.45) is 0. The van der Waals surface area contributed by atoms with Crippen LogP contribution in [0.25, 0.3) is 0 Å². The minimum absolute atomic E-state index is 0.198. The number of nitrogens with zero attached hydrogens (tertiary/aromatic N) is 5. The van der Waals surface area contributed by atoms with Crippen LogP contribution < -0.4 is 9.80 Å². The molecule has 0 bridgehead atoms. The van der Waals surface area contributed by atoms with Gasteiger partial charge in [0.2, 0.25) is 5.95 Å². The number of anilines is 1. The predicted octanol–water partition coefficient (Wildman–Crippen LogP) is 1.87. The lowest BCUT2D eigenvalue weighted by atomic mass is 10.1. The largest absolute Gasteiger partial charge is 0.495 e. The van der Waals surface area contributed by atoms with Gasteiger partial charge in [0.05, 0.1) is 31.4 Å². The molecule has 8 nitrogen and oxygen atoms in total. The van der Waals surface area contributed by atoms with Crippen LogP contribution >= 0.6 is 0 Å². The highest BCUT2D eigenvalue weighted by molar-refractivity contribution is 5.97. The van der Waals surface area contributed by atoms with Gasteiger partial charge in [-0.25, -0.2) is 15.0 Å². The van der Waals surface area contributed by atoms with E-state index in [4.69, 9.17) is 9.57 Å². The number of amides is 1. The number of hydrogen-bond acceptors (Lipinski definition) is 7. The van der Waals surface area contributed by atoms with E-state index in [1.165, 1.54) is 7.11 Å². The normalized spacial score (nSPS) is 14.4. The van der Waals surface area contributed by atoms with E-state index in [0.29, 0.717) is 49.1 Å². The number of benzene rings is 1. The fraction of sp³-hybridized carbons (Fsp3) is 0.368. The highest BCUT2D eigenvalue weighted by atomic mass is 16.7. The number of carbonyl (C=O) groups is 1. The number of para-hydroxylation sites is 1. The van der Waals surface area contributed by atoms with Crippen molar-refractivity contribution in [1.82, 2.24) is 14.9 Å². The van der Waals surface area contributed by atoms with E-state index < -0.39 is 0 Å². The molecular formula is C19H21N5O3. The maximum Gasteiger partial charge on any atom is 0.257 e. The van der Waals surface area contributed by atoms with E-state index >= 15 is 0 Å². The number of hydroxylamine groups is 1. The quantitative estimate of drug-likeness (QED) is 0.818. The molecule has 1 amide bonds. The SMILES string of the molecule is COc1c(C#N)cccc1C(=O)N1CCON(c2nc(C)cc(C)n2)CC1. The Balaban J connectivity index is 1.78. The first-order valence-electron chi connectivity index (χ1n) is 8.62. The molecule has 0 saturated carbocycles. The summed E-state index contributed by atoms with van der Waals surface area (Å²) in [6, 6.07) is 8.91. The summed E-state index contributed by atoms with van der Waals surface area (Å²) < 4.78 is 5.30. The molecule has 1 aromatic heterocycles. The Kier molecular flexibility index (Phi) is 5.52. The van der Waals surface area contributed by atoms with E-state index in [1.807, 2.05) is 19.9 Å². The second-order valence-electron chi connectivity index (χ2n) is 6.18. The molecular weight excluding hydrogens is 346 g/mol. The zero-order valence-corrected chi connectivity index (χ0v) is 15.6. The second kappa shape index (κ2) is 8.01. The third kappa shape index (κ3) is 3.99. The Morgan fingerprint density at radius 1 is 1.22 bits per heavy atom. The molecule has 0 radical (unpaired) electrons. The number of nitriles is 1. The standard InChI is InChI=1S/C19H21N5O3/c1-13-11-14(2)22-19(21-13)24-8-7-23(9-10-27-24)18(25)16-6-4-5-15(12-20)17(16)26-3/h4-6,11H,7-10H2,1-3H3. The Morgan fingerprint density at radius 3 is 2.63 bits per heavy atom. The molecule has 140 valence electrons. The number of aromatic nitrogens is 2. The van der Waals surface area contributed by atoms with Crippen LogP contribution in [-0.2, 0) is 4.84 Å². The Bertz CT molecular complexity index is 873. The van der Waals surface area contributed by atoms with Crippen molar-refractivity contribution >= 4 is 11.9 Å². The monoisotopic (exact) mass is 367 g/mol. The minimum Gasteiger partial charge on any atom is -0.495 e. The lowest BCUT2D eigenvalue weighted by Crippen LogP contribution is -2.36. The van der Waals surface area contributed by atoms with Crippen molar-refractivity contribution in [3.05, 3.63) is 46.8 Å². The van der Waals surface area contributed by atoms with Gasteiger partial charge in [-0.2, -0.15) is 5.26 Å². The molecule has 0 atom stereocenters. The first-order chi connectivity index (χ1) is 13.0. The molecule has 0 N–H and O–H groups in total. The summed E-state index contributed by atoms with van der Waals surface area (Å²) in [6.45, 7) is 5.42. The number of methoxy groups -OCH3 is 1. The fourth-order valence-electron chi connectivity index (χ4n) is 3.01. The van der Waals surface area contributed by atoms with Crippen LogP contribution in [0, 0.1) is 25.2 Å². The number of rotatable bonds is 3. The zero-order chi connectivity index (χ0) is 19.4. The van der Waals surface area contributed by atoms with E-state index in [-0.39, 0.29) is 5.91 Å². The molecule has 0 aliphatic carbocycles. The molecule has 1 fully saturated rings. The van der Waals surface area contributed by atoms with Gasteiger partial charge in [-0.15, -0.1) is 0 Å². The molecule has 27 heavy (non-hydrogen) atoms. The third-order valence-corrected chi connectivity index (χ3v) is 4.23. The molecule has 8 heteroatoms. The molecule has 0 unspecified atom stereocenters. The summed E-state index contributed by atoms with van der Waals surface area (Å²) >= 11 is 0. The van der Waals surface area contributed by atoms with Crippen LogP contribution in [0.5, 0.6) is 5.75 Å². The maximum absolute atomic E-state index is 13.0. The number of aryl methyl sites for hydroxylation is 2. The van der Waals surface area contributed by atoms with Gasteiger partial charge in [0.15, 0.2) is 0 Å². The molecule has 3 rings (SSSR count). The summed E-state index contributed by atoms with van der Waals surface area (Å²) in [7, 11) is 1.46. The smallest absolute Gasteiger partial charge is 0.257 e. The predicted molar refractivity (Wildman–Crippen MR) is 98.4 cm³/mol. The lowest BCUT2D eigenvalue weighted by molar-refractivity contribution is 0.0726. The van der Waals surface area contributed by atoms with Gasteiger partial charge < -0.3 is 9.64 Å². The maximum atomic E-state index is 13.0. The fourth-order valence-corrected chi connectivity index (χ4v) is 3.01. The van der Waals surface area contributed by atoms with E-state index in [9.17, 15) is 10.1 Å². The Labute approximate surface area is 157 Å². The van der Waals surface area contributed by atoms with Gasteiger partial charge in [0.1, 0.15) is 11.8 Å². The third-order valence-electron chi connectivity index (χ3n) is 4.23. The van der Waals surface area contributed by atoms with Crippen molar-refractivity contribution < 1.29 is 14.4 Å².